The van der Waals surface area contributed by atoms with E-state index in [0.29, 0.717) is 5.75 Å². The Hall–Kier alpha value is -2.16. The molecule has 24 heavy (non-hydrogen) atoms. The highest BCUT2D eigenvalue weighted by atomic mass is 32.2. The highest BCUT2D eigenvalue weighted by molar-refractivity contribution is 7.99. The highest BCUT2D eigenvalue weighted by Gasteiger charge is 2.32. The Bertz CT molecular complexity index is 605. The molecule has 9 heteroatoms. The molecule has 1 aromatic carbocycles. The molecule has 0 spiro atoms. The van der Waals surface area contributed by atoms with E-state index in [1.54, 1.807) is 0 Å². The largest absolute Gasteiger partial charge is 0.489 e. The first-order chi connectivity index (χ1) is 11.3. The van der Waals surface area contributed by atoms with Crippen molar-refractivity contribution in [3.05, 3.63) is 42.0 Å². The first-order valence-corrected chi connectivity index (χ1v) is 7.94. The molecule has 0 aromatic heterocycles. The van der Waals surface area contributed by atoms with Gasteiger partial charge in [0.2, 0.25) is 0 Å². The summed E-state index contributed by atoms with van der Waals surface area (Å²) in [6, 6.07) is 2.64. The summed E-state index contributed by atoms with van der Waals surface area (Å²) in [6.45, 7) is 3.60. The minimum absolute atomic E-state index is 0.0126. The van der Waals surface area contributed by atoms with Gasteiger partial charge in [-0.05, 0) is 18.2 Å². The summed E-state index contributed by atoms with van der Waals surface area (Å²) >= 11 is 1.09. The van der Waals surface area contributed by atoms with Gasteiger partial charge in [-0.25, -0.2) is 0 Å². The minimum atomic E-state index is -4.58. The van der Waals surface area contributed by atoms with Crippen LogP contribution >= 0.6 is 11.8 Å². The van der Waals surface area contributed by atoms with E-state index in [-0.39, 0.29) is 30.2 Å². The van der Waals surface area contributed by atoms with Crippen LogP contribution in [0.1, 0.15) is 15.9 Å². The van der Waals surface area contributed by atoms with Crippen LogP contribution in [0.4, 0.5) is 13.2 Å². The number of amides is 1. The van der Waals surface area contributed by atoms with Gasteiger partial charge < -0.3 is 15.2 Å². The van der Waals surface area contributed by atoms with Crippen molar-refractivity contribution in [3.8, 4) is 5.75 Å². The predicted octanol–water partition coefficient (Wildman–Crippen LogP) is 2.82. The first-order valence-electron chi connectivity index (χ1n) is 6.78. The van der Waals surface area contributed by atoms with Crippen LogP contribution in [0, 0.1) is 0 Å². The lowest BCUT2D eigenvalue weighted by atomic mass is 10.1. The van der Waals surface area contributed by atoms with Crippen LogP contribution in [0.25, 0.3) is 0 Å². The van der Waals surface area contributed by atoms with Crippen molar-refractivity contribution in [2.24, 2.45) is 0 Å². The Morgan fingerprint density at radius 1 is 1.38 bits per heavy atom. The summed E-state index contributed by atoms with van der Waals surface area (Å²) < 4.78 is 43.6. The molecule has 0 unspecified atom stereocenters. The number of hydrogen-bond donors (Lipinski definition) is 2. The van der Waals surface area contributed by atoms with E-state index >= 15 is 0 Å². The smallest absolute Gasteiger partial charge is 0.416 e. The van der Waals surface area contributed by atoms with E-state index in [9.17, 15) is 22.8 Å². The second-order valence-electron chi connectivity index (χ2n) is 4.51. The van der Waals surface area contributed by atoms with Crippen LogP contribution in [-0.2, 0) is 11.0 Å². The fourth-order valence-corrected chi connectivity index (χ4v) is 2.22. The third-order valence-electron chi connectivity index (χ3n) is 2.67. The van der Waals surface area contributed by atoms with Gasteiger partial charge in [0.05, 0.1) is 16.9 Å². The first kappa shape index (κ1) is 19.9. The molecule has 5 nitrogen and oxygen atoms in total. The van der Waals surface area contributed by atoms with Crippen molar-refractivity contribution in [1.82, 2.24) is 5.32 Å². The molecule has 2 N–H and O–H groups in total. The van der Waals surface area contributed by atoms with E-state index in [2.05, 4.69) is 11.9 Å². The lowest BCUT2D eigenvalue weighted by Gasteiger charge is -2.14. The number of carboxylic acid groups (broad SMARTS) is 1. The molecule has 1 rings (SSSR count). The lowest BCUT2D eigenvalue weighted by molar-refractivity contribution is -0.137. The van der Waals surface area contributed by atoms with Gasteiger partial charge in [0, 0.05) is 12.3 Å². The molecule has 0 atom stereocenters. The number of halogens is 3. The van der Waals surface area contributed by atoms with E-state index in [1.807, 2.05) is 0 Å². The van der Waals surface area contributed by atoms with Crippen molar-refractivity contribution in [3.63, 3.8) is 0 Å². The third kappa shape index (κ3) is 6.53. The van der Waals surface area contributed by atoms with Gasteiger partial charge in [-0.15, -0.1) is 11.8 Å². The highest BCUT2D eigenvalue weighted by Crippen LogP contribution is 2.32. The van der Waals surface area contributed by atoms with E-state index in [0.717, 1.165) is 30.0 Å². The SMILES string of the molecule is C=CCOc1ccc(C(F)(F)F)cc1C(=O)NCCSCC(=O)O. The molecule has 0 bridgehead atoms. The normalized spacial score (nSPS) is 11.0. The number of thioether (sulfide) groups is 1. The fourth-order valence-electron chi connectivity index (χ4n) is 1.65. The molecule has 1 amide bonds. The zero-order valence-corrected chi connectivity index (χ0v) is 13.4. The van der Waals surface area contributed by atoms with E-state index < -0.39 is 23.6 Å². The summed E-state index contributed by atoms with van der Waals surface area (Å²) in [6.07, 6.45) is -3.18. The number of rotatable bonds is 9. The van der Waals surface area contributed by atoms with Crippen molar-refractivity contribution < 1.29 is 32.6 Å². The van der Waals surface area contributed by atoms with Crippen molar-refractivity contribution >= 4 is 23.6 Å². The number of hydrogen-bond acceptors (Lipinski definition) is 4. The van der Waals surface area contributed by atoms with Crippen LogP contribution in [0.2, 0.25) is 0 Å². The number of carbonyl (C=O) groups excluding carboxylic acids is 1. The maximum Gasteiger partial charge on any atom is 0.416 e. The maximum atomic E-state index is 12.8. The van der Waals surface area contributed by atoms with E-state index in [4.69, 9.17) is 9.84 Å². The number of nitrogens with one attached hydrogen (secondary N) is 1. The number of carboxylic acids is 1. The number of carbonyl (C=O) groups is 2. The predicted molar refractivity (Wildman–Crippen MR) is 84.4 cm³/mol. The fraction of sp³-hybridized carbons (Fsp3) is 0.333. The number of ether oxygens (including phenoxy) is 1. The Labute approximate surface area is 140 Å². The number of aliphatic carboxylic acids is 1. The molecule has 0 aliphatic carbocycles. The Kier molecular flexibility index (Phi) is 7.63. The standard InChI is InChI=1S/C15H16F3NO4S/c1-2-6-23-12-4-3-10(15(16,17)18)8-11(12)14(22)19-5-7-24-9-13(20)21/h2-4,8H,1,5-7,9H2,(H,19,22)(H,20,21). The number of alkyl halides is 3. The molecular weight excluding hydrogens is 347 g/mol. The quantitative estimate of drug-likeness (QED) is 0.521. The topological polar surface area (TPSA) is 75.6 Å². The van der Waals surface area contributed by atoms with Gasteiger partial charge in [-0.3, -0.25) is 9.59 Å². The molecule has 0 aliphatic heterocycles. The van der Waals surface area contributed by atoms with Crippen LogP contribution in [0.5, 0.6) is 5.75 Å². The van der Waals surface area contributed by atoms with Gasteiger partial charge in [0.25, 0.3) is 5.91 Å². The number of benzene rings is 1. The second-order valence-corrected chi connectivity index (χ2v) is 5.62. The van der Waals surface area contributed by atoms with Gasteiger partial charge in [0.15, 0.2) is 0 Å². The molecule has 0 heterocycles. The monoisotopic (exact) mass is 363 g/mol. The lowest BCUT2D eigenvalue weighted by Crippen LogP contribution is -2.27. The average molecular weight is 363 g/mol. The second kappa shape index (κ2) is 9.21. The zero-order chi connectivity index (χ0) is 18.2. The van der Waals surface area contributed by atoms with E-state index in [1.165, 1.54) is 6.08 Å². The van der Waals surface area contributed by atoms with Crippen molar-refractivity contribution in [2.45, 2.75) is 6.18 Å². The summed E-state index contributed by atoms with van der Waals surface area (Å²) in [7, 11) is 0. The van der Waals surface area contributed by atoms with Crippen molar-refractivity contribution in [2.75, 3.05) is 24.7 Å². The molecule has 132 valence electrons. The van der Waals surface area contributed by atoms with Crippen LogP contribution in [0.3, 0.4) is 0 Å². The van der Waals surface area contributed by atoms with Crippen LogP contribution < -0.4 is 10.1 Å². The van der Waals surface area contributed by atoms with Gasteiger partial charge in [-0.1, -0.05) is 12.7 Å². The maximum absolute atomic E-state index is 12.8. The zero-order valence-electron chi connectivity index (χ0n) is 12.6. The summed E-state index contributed by atoms with van der Waals surface area (Å²) in [5, 5.41) is 10.9. The minimum Gasteiger partial charge on any atom is -0.489 e. The Balaban J connectivity index is 2.82. The van der Waals surface area contributed by atoms with Gasteiger partial charge in [0.1, 0.15) is 12.4 Å². The summed E-state index contributed by atoms with van der Waals surface area (Å²) in [5.41, 5.74) is -1.20. The molecule has 1 aromatic rings. The molecule has 0 fully saturated rings. The van der Waals surface area contributed by atoms with Crippen molar-refractivity contribution in [1.29, 1.82) is 0 Å². The molecule has 0 radical (unpaired) electrons. The van der Waals surface area contributed by atoms with Gasteiger partial charge in [-0.2, -0.15) is 13.2 Å². The Morgan fingerprint density at radius 3 is 2.67 bits per heavy atom. The van der Waals surface area contributed by atoms with Crippen LogP contribution in [-0.4, -0.2) is 41.6 Å². The average Bonchev–Trinajstić information content (AvgIpc) is 2.51. The third-order valence-corrected chi connectivity index (χ3v) is 3.61. The van der Waals surface area contributed by atoms with Gasteiger partial charge >= 0.3 is 12.1 Å². The molecule has 0 saturated carbocycles. The Morgan fingerprint density at radius 2 is 2.08 bits per heavy atom. The van der Waals surface area contributed by atoms with Crippen LogP contribution in [0.15, 0.2) is 30.9 Å². The summed E-state index contributed by atoms with van der Waals surface area (Å²) in [5.74, 6) is -1.49. The molecular formula is C15H16F3NO4S. The molecule has 0 aliphatic rings. The summed E-state index contributed by atoms with van der Waals surface area (Å²) in [4.78, 5) is 22.5. The molecule has 0 saturated heterocycles.